The first-order valence-corrected chi connectivity index (χ1v) is 12.0. The van der Waals surface area contributed by atoms with Crippen LogP contribution in [0.15, 0.2) is 54.6 Å². The lowest BCUT2D eigenvalue weighted by atomic mass is 10.1. The van der Waals surface area contributed by atoms with Crippen LogP contribution in [0, 0.1) is 0 Å². The molecular weight excluding hydrogens is 416 g/mol. The molecule has 2 amide bonds. The molecule has 1 N–H and O–H groups in total. The molecule has 2 aromatic rings. The molecule has 0 aromatic heterocycles. The van der Waals surface area contributed by atoms with Gasteiger partial charge in [-0.15, -0.1) is 0 Å². The molecule has 0 saturated carbocycles. The average molecular weight is 447 g/mol. The monoisotopic (exact) mass is 446 g/mol. The Bertz CT molecular complexity index is 801. The third-order valence-electron chi connectivity index (χ3n) is 4.81. The van der Waals surface area contributed by atoms with Gasteiger partial charge in [0.1, 0.15) is 6.04 Å². The van der Waals surface area contributed by atoms with Crippen molar-refractivity contribution in [2.45, 2.75) is 51.4 Å². The van der Waals surface area contributed by atoms with Crippen molar-refractivity contribution in [2.75, 3.05) is 12.3 Å². The zero-order valence-electron chi connectivity index (χ0n) is 17.8. The van der Waals surface area contributed by atoms with Crippen molar-refractivity contribution in [1.29, 1.82) is 0 Å². The number of hydrogen-bond acceptors (Lipinski definition) is 3. The van der Waals surface area contributed by atoms with Gasteiger partial charge >= 0.3 is 0 Å². The normalized spacial score (nSPS) is 11.7. The van der Waals surface area contributed by atoms with Crippen LogP contribution in [0.5, 0.6) is 0 Å². The molecule has 2 rings (SSSR count). The van der Waals surface area contributed by atoms with Gasteiger partial charge in [0, 0.05) is 36.0 Å². The van der Waals surface area contributed by atoms with E-state index in [1.165, 1.54) is 5.56 Å². The SMILES string of the molecule is CCCNC(=O)[C@H](CC)N(Cc1ccccc1Cl)C(=O)CCSCc1ccccc1. The number of carbonyl (C=O) groups excluding carboxylic acids is 2. The summed E-state index contributed by atoms with van der Waals surface area (Å²) in [7, 11) is 0. The fraction of sp³-hybridized carbons (Fsp3) is 0.417. The zero-order valence-corrected chi connectivity index (χ0v) is 19.3. The van der Waals surface area contributed by atoms with Gasteiger partial charge in [-0.25, -0.2) is 0 Å². The minimum Gasteiger partial charge on any atom is -0.354 e. The van der Waals surface area contributed by atoms with E-state index in [9.17, 15) is 9.59 Å². The van der Waals surface area contributed by atoms with Gasteiger partial charge in [0.25, 0.3) is 0 Å². The zero-order chi connectivity index (χ0) is 21.8. The number of nitrogens with one attached hydrogen (secondary N) is 1. The van der Waals surface area contributed by atoms with Gasteiger partial charge in [-0.3, -0.25) is 9.59 Å². The molecule has 2 aromatic carbocycles. The number of rotatable bonds is 12. The fourth-order valence-electron chi connectivity index (χ4n) is 3.16. The van der Waals surface area contributed by atoms with E-state index in [0.717, 1.165) is 17.7 Å². The summed E-state index contributed by atoms with van der Waals surface area (Å²) in [6.07, 6.45) is 1.80. The predicted molar refractivity (Wildman–Crippen MR) is 127 cm³/mol. The lowest BCUT2D eigenvalue weighted by Gasteiger charge is -2.31. The number of hydrogen-bond donors (Lipinski definition) is 1. The second-order valence-electron chi connectivity index (χ2n) is 7.12. The summed E-state index contributed by atoms with van der Waals surface area (Å²) in [6.45, 7) is 4.89. The van der Waals surface area contributed by atoms with Gasteiger partial charge in [-0.05, 0) is 30.0 Å². The van der Waals surface area contributed by atoms with E-state index in [2.05, 4.69) is 17.4 Å². The fourth-order valence-corrected chi connectivity index (χ4v) is 4.25. The van der Waals surface area contributed by atoms with Crippen molar-refractivity contribution in [2.24, 2.45) is 0 Å². The standard InChI is InChI=1S/C24H31ClN2O2S/c1-3-15-26-24(29)22(4-2)27(17-20-12-8-9-13-21(20)25)23(28)14-16-30-18-19-10-6-5-7-11-19/h5-13,22H,3-4,14-18H2,1-2H3,(H,26,29)/t22-/m0/s1. The molecule has 0 aliphatic rings. The Labute approximate surface area is 189 Å². The van der Waals surface area contributed by atoms with Crippen LogP contribution in [0.25, 0.3) is 0 Å². The van der Waals surface area contributed by atoms with Crippen LogP contribution in [0.3, 0.4) is 0 Å². The summed E-state index contributed by atoms with van der Waals surface area (Å²) in [5.41, 5.74) is 2.10. The molecule has 0 heterocycles. The third-order valence-corrected chi connectivity index (χ3v) is 6.20. The second kappa shape index (κ2) is 13.3. The van der Waals surface area contributed by atoms with Gasteiger partial charge in [0.05, 0.1) is 0 Å². The summed E-state index contributed by atoms with van der Waals surface area (Å²) >= 11 is 8.07. The lowest BCUT2D eigenvalue weighted by molar-refractivity contribution is -0.141. The Balaban J connectivity index is 2.05. The van der Waals surface area contributed by atoms with Crippen LogP contribution in [-0.4, -0.2) is 35.1 Å². The molecule has 6 heteroatoms. The second-order valence-corrected chi connectivity index (χ2v) is 8.63. The first-order valence-electron chi connectivity index (χ1n) is 10.5. The van der Waals surface area contributed by atoms with Gasteiger partial charge in [-0.1, -0.05) is 74.0 Å². The maximum absolute atomic E-state index is 13.1. The number of carbonyl (C=O) groups is 2. The summed E-state index contributed by atoms with van der Waals surface area (Å²) < 4.78 is 0. The highest BCUT2D eigenvalue weighted by Crippen LogP contribution is 2.21. The van der Waals surface area contributed by atoms with Crippen molar-refractivity contribution in [3.63, 3.8) is 0 Å². The number of nitrogens with zero attached hydrogens (tertiary/aromatic N) is 1. The third kappa shape index (κ3) is 7.69. The smallest absolute Gasteiger partial charge is 0.242 e. The Morgan fingerprint density at radius 2 is 1.77 bits per heavy atom. The molecule has 0 radical (unpaired) electrons. The molecule has 0 aliphatic carbocycles. The molecule has 0 aliphatic heterocycles. The van der Waals surface area contributed by atoms with Gasteiger partial charge < -0.3 is 10.2 Å². The minimum atomic E-state index is -0.501. The van der Waals surface area contributed by atoms with Crippen molar-refractivity contribution in [3.05, 3.63) is 70.7 Å². The van der Waals surface area contributed by atoms with Gasteiger partial charge in [-0.2, -0.15) is 11.8 Å². The highest BCUT2D eigenvalue weighted by Gasteiger charge is 2.28. The number of amides is 2. The predicted octanol–water partition coefficient (Wildman–Crippen LogP) is 5.30. The Morgan fingerprint density at radius 3 is 2.43 bits per heavy atom. The quantitative estimate of drug-likeness (QED) is 0.450. The first kappa shape index (κ1) is 24.3. The number of benzene rings is 2. The molecule has 4 nitrogen and oxygen atoms in total. The van der Waals surface area contributed by atoms with E-state index in [0.29, 0.717) is 36.7 Å². The topological polar surface area (TPSA) is 49.4 Å². The molecule has 0 fully saturated rings. The Morgan fingerprint density at radius 1 is 1.07 bits per heavy atom. The van der Waals surface area contributed by atoms with Crippen LogP contribution in [-0.2, 0) is 21.9 Å². The number of halogens is 1. The molecular formula is C24H31ClN2O2S. The van der Waals surface area contributed by atoms with E-state index >= 15 is 0 Å². The van der Waals surface area contributed by atoms with Crippen LogP contribution in [0.1, 0.15) is 44.2 Å². The van der Waals surface area contributed by atoms with E-state index < -0.39 is 6.04 Å². The molecule has 0 unspecified atom stereocenters. The van der Waals surface area contributed by atoms with E-state index in [1.807, 2.05) is 56.3 Å². The Hall–Kier alpha value is -1.98. The maximum atomic E-state index is 13.1. The van der Waals surface area contributed by atoms with E-state index in [-0.39, 0.29) is 11.8 Å². The van der Waals surface area contributed by atoms with E-state index in [1.54, 1.807) is 16.7 Å². The lowest BCUT2D eigenvalue weighted by Crippen LogP contribution is -2.49. The molecule has 1 atom stereocenters. The van der Waals surface area contributed by atoms with Crippen molar-refractivity contribution in [1.82, 2.24) is 10.2 Å². The highest BCUT2D eigenvalue weighted by molar-refractivity contribution is 7.98. The maximum Gasteiger partial charge on any atom is 0.242 e. The first-order chi connectivity index (χ1) is 14.6. The van der Waals surface area contributed by atoms with Crippen molar-refractivity contribution in [3.8, 4) is 0 Å². The summed E-state index contributed by atoms with van der Waals surface area (Å²) in [6, 6.07) is 17.2. The molecule has 30 heavy (non-hydrogen) atoms. The Kier molecular flexibility index (Phi) is 10.8. The highest BCUT2D eigenvalue weighted by atomic mass is 35.5. The van der Waals surface area contributed by atoms with E-state index in [4.69, 9.17) is 11.6 Å². The molecule has 0 bridgehead atoms. The number of thioether (sulfide) groups is 1. The summed E-state index contributed by atoms with van der Waals surface area (Å²) in [5, 5.41) is 3.55. The summed E-state index contributed by atoms with van der Waals surface area (Å²) in [5.74, 6) is 1.46. The van der Waals surface area contributed by atoms with Gasteiger partial charge in [0.15, 0.2) is 0 Å². The van der Waals surface area contributed by atoms with Crippen molar-refractivity contribution < 1.29 is 9.59 Å². The van der Waals surface area contributed by atoms with Crippen molar-refractivity contribution >= 4 is 35.2 Å². The summed E-state index contributed by atoms with van der Waals surface area (Å²) in [4.78, 5) is 27.6. The largest absolute Gasteiger partial charge is 0.354 e. The minimum absolute atomic E-state index is 0.0195. The molecule has 0 saturated heterocycles. The van der Waals surface area contributed by atoms with Crippen LogP contribution in [0.4, 0.5) is 0 Å². The average Bonchev–Trinajstić information content (AvgIpc) is 2.77. The van der Waals surface area contributed by atoms with Crippen LogP contribution < -0.4 is 5.32 Å². The molecule has 162 valence electrons. The molecule has 0 spiro atoms. The van der Waals surface area contributed by atoms with Crippen LogP contribution >= 0.6 is 23.4 Å². The van der Waals surface area contributed by atoms with Gasteiger partial charge in [0.2, 0.25) is 11.8 Å². The van der Waals surface area contributed by atoms with Crippen LogP contribution in [0.2, 0.25) is 5.02 Å².